The Morgan fingerprint density at radius 1 is 0.536 bits per heavy atom. The number of halogens is 6. The van der Waals surface area contributed by atoms with Gasteiger partial charge in [-0.15, -0.1) is 0 Å². The van der Waals surface area contributed by atoms with E-state index >= 15 is 0 Å². The van der Waals surface area contributed by atoms with Crippen LogP contribution in [0.1, 0.15) is 52.0 Å². The summed E-state index contributed by atoms with van der Waals surface area (Å²) in [5.74, 6) is 2.03. The number of ether oxygens (including phenoxy) is 2. The third-order valence-electron chi connectivity index (χ3n) is 11.2. The van der Waals surface area contributed by atoms with E-state index in [2.05, 4.69) is 30.4 Å². The summed E-state index contributed by atoms with van der Waals surface area (Å²) < 4.78 is 65.0. The minimum atomic E-state index is -4.67. The van der Waals surface area contributed by atoms with Crippen LogP contribution in [-0.4, -0.2) is 57.9 Å². The fraction of sp³-hybridized carbons (Fsp3) is 0.176. The first-order chi connectivity index (χ1) is 33.3. The first-order valence-corrected chi connectivity index (χ1v) is 22.6. The molecule has 0 unspecified atom stereocenters. The molecule has 2 saturated heterocycles. The maximum absolute atomic E-state index is 13.7. The number of benzene rings is 6. The van der Waals surface area contributed by atoms with Crippen LogP contribution in [0.3, 0.4) is 0 Å². The molecule has 0 spiro atoms. The average molecular weight is 976 g/mol. The Labute approximate surface area is 402 Å². The molecule has 2 amide bonds. The van der Waals surface area contributed by atoms with Crippen molar-refractivity contribution in [3.8, 4) is 23.0 Å². The molecule has 0 atom stereocenters. The molecular formula is C51H40Cl2F4N8O4. The minimum Gasteiger partial charge on any atom is -0.457 e. The first-order valence-electron chi connectivity index (χ1n) is 21.9. The lowest BCUT2D eigenvalue weighted by molar-refractivity contribution is -0.137. The monoisotopic (exact) mass is 974 g/mol. The van der Waals surface area contributed by atoms with Gasteiger partial charge in [0, 0.05) is 72.9 Å². The zero-order chi connectivity index (χ0) is 48.1. The van der Waals surface area contributed by atoms with E-state index in [1.165, 1.54) is 31.0 Å². The van der Waals surface area contributed by atoms with Crippen molar-refractivity contribution in [1.82, 2.24) is 19.9 Å². The van der Waals surface area contributed by atoms with Crippen LogP contribution in [0.2, 0.25) is 10.0 Å². The minimum absolute atomic E-state index is 0.0328. The highest BCUT2D eigenvalue weighted by Crippen LogP contribution is 2.36. The van der Waals surface area contributed by atoms with Crippen LogP contribution in [0.5, 0.6) is 23.0 Å². The zero-order valence-corrected chi connectivity index (χ0v) is 38.0. The fourth-order valence-electron chi connectivity index (χ4n) is 7.76. The highest BCUT2D eigenvalue weighted by molar-refractivity contribution is 6.31. The van der Waals surface area contributed by atoms with E-state index < -0.39 is 34.4 Å². The molecule has 2 N–H and O–H groups in total. The number of rotatable bonds is 10. The molecule has 8 aromatic rings. The molecule has 2 aliphatic heterocycles. The number of alkyl halides is 3. The maximum atomic E-state index is 13.7. The molecule has 18 heteroatoms. The quantitative estimate of drug-likeness (QED) is 0.128. The van der Waals surface area contributed by atoms with Crippen molar-refractivity contribution in [2.24, 2.45) is 0 Å². The zero-order valence-electron chi connectivity index (χ0n) is 36.4. The number of aromatic nitrogens is 4. The smallest absolute Gasteiger partial charge is 0.417 e. The van der Waals surface area contributed by atoms with Crippen LogP contribution in [0.4, 0.5) is 40.6 Å². The Morgan fingerprint density at radius 3 is 1.45 bits per heavy atom. The van der Waals surface area contributed by atoms with Gasteiger partial charge in [0.05, 0.1) is 50.1 Å². The average Bonchev–Trinajstić information content (AvgIpc) is 4.09. The van der Waals surface area contributed by atoms with Crippen molar-refractivity contribution in [3.05, 3.63) is 166 Å². The number of carbonyl (C=O) groups excluding carboxylic acids is 2. The van der Waals surface area contributed by atoms with Crippen molar-refractivity contribution < 1.29 is 36.6 Å². The van der Waals surface area contributed by atoms with E-state index in [1.807, 2.05) is 30.5 Å². The molecule has 12 nitrogen and oxygen atoms in total. The van der Waals surface area contributed by atoms with E-state index in [1.54, 1.807) is 66.9 Å². The number of fused-ring (bicyclic) bond motifs is 2. The molecule has 10 rings (SSSR count). The SMILES string of the molecule is O=C(Nc1cccc(Oc2ccc3ncc(N4CCCC4)nc3c2)c1)c1ccc(Cl)c(C(F)(F)F)c1.O=C(Nc1cccc(Oc2ccc3ncc(N4CCCC4)nc3c2)c1)c1ccc(Cl)c(F)c1. The second-order valence-corrected chi connectivity index (χ2v) is 16.9. The number of hydrogen-bond acceptors (Lipinski definition) is 10. The van der Waals surface area contributed by atoms with Crippen LogP contribution in [0, 0.1) is 5.82 Å². The third-order valence-corrected chi connectivity index (χ3v) is 11.9. The maximum Gasteiger partial charge on any atom is 0.417 e. The molecule has 4 heterocycles. The lowest BCUT2D eigenvalue weighted by Gasteiger charge is -2.16. The van der Waals surface area contributed by atoms with Gasteiger partial charge in [0.25, 0.3) is 11.8 Å². The summed E-state index contributed by atoms with van der Waals surface area (Å²) in [5.41, 5.74) is 2.80. The van der Waals surface area contributed by atoms with Gasteiger partial charge in [-0.1, -0.05) is 35.3 Å². The molecule has 0 saturated carbocycles. The van der Waals surface area contributed by atoms with Crippen LogP contribution < -0.4 is 29.9 Å². The van der Waals surface area contributed by atoms with Crippen molar-refractivity contribution in [1.29, 1.82) is 0 Å². The van der Waals surface area contributed by atoms with Gasteiger partial charge in [-0.3, -0.25) is 19.6 Å². The second-order valence-electron chi connectivity index (χ2n) is 16.1. The summed E-state index contributed by atoms with van der Waals surface area (Å²) in [4.78, 5) is 47.9. The molecule has 2 aromatic heterocycles. The molecule has 2 fully saturated rings. The number of anilines is 4. The van der Waals surface area contributed by atoms with Gasteiger partial charge in [0.15, 0.2) is 0 Å². The summed E-state index contributed by atoms with van der Waals surface area (Å²) in [6.07, 6.45) is 3.53. The van der Waals surface area contributed by atoms with Crippen molar-refractivity contribution in [2.45, 2.75) is 31.9 Å². The van der Waals surface area contributed by atoms with E-state index in [0.717, 1.165) is 85.4 Å². The van der Waals surface area contributed by atoms with Crippen molar-refractivity contribution >= 4 is 80.1 Å². The van der Waals surface area contributed by atoms with Gasteiger partial charge >= 0.3 is 6.18 Å². The van der Waals surface area contributed by atoms with Gasteiger partial charge in [-0.25, -0.2) is 14.4 Å². The van der Waals surface area contributed by atoms with E-state index in [9.17, 15) is 27.2 Å². The number of hydrogen-bond donors (Lipinski definition) is 2. The molecule has 0 radical (unpaired) electrons. The lowest BCUT2D eigenvalue weighted by atomic mass is 10.1. The highest BCUT2D eigenvalue weighted by atomic mass is 35.5. The fourth-order valence-corrected chi connectivity index (χ4v) is 8.10. The Balaban J connectivity index is 0.000000172. The van der Waals surface area contributed by atoms with Crippen LogP contribution in [0.15, 0.2) is 134 Å². The number of nitrogens with zero attached hydrogens (tertiary/aromatic N) is 6. The van der Waals surface area contributed by atoms with E-state index in [4.69, 9.17) is 42.6 Å². The number of amides is 2. The van der Waals surface area contributed by atoms with Gasteiger partial charge < -0.3 is 29.9 Å². The van der Waals surface area contributed by atoms with E-state index in [0.29, 0.717) is 39.9 Å². The molecule has 2 aliphatic rings. The molecule has 6 aromatic carbocycles. The molecule has 69 heavy (non-hydrogen) atoms. The topological polar surface area (TPSA) is 135 Å². The van der Waals surface area contributed by atoms with Gasteiger partial charge in [0.1, 0.15) is 40.5 Å². The summed E-state index contributed by atoms with van der Waals surface area (Å²) in [6, 6.07) is 31.4. The Morgan fingerprint density at radius 2 is 0.986 bits per heavy atom. The predicted octanol–water partition coefficient (Wildman–Crippen LogP) is 13.0. The highest BCUT2D eigenvalue weighted by Gasteiger charge is 2.34. The summed E-state index contributed by atoms with van der Waals surface area (Å²) in [6.45, 7) is 3.92. The first kappa shape index (κ1) is 46.5. The summed E-state index contributed by atoms with van der Waals surface area (Å²) >= 11 is 11.3. The second kappa shape index (κ2) is 20.3. The molecular weight excluding hydrogens is 936 g/mol. The largest absolute Gasteiger partial charge is 0.457 e. The van der Waals surface area contributed by atoms with Crippen LogP contribution >= 0.6 is 23.2 Å². The number of nitrogens with one attached hydrogen (secondary N) is 2. The van der Waals surface area contributed by atoms with Gasteiger partial charge in [0.2, 0.25) is 0 Å². The molecule has 350 valence electrons. The van der Waals surface area contributed by atoms with Crippen molar-refractivity contribution in [3.63, 3.8) is 0 Å². The number of carbonyl (C=O) groups is 2. The van der Waals surface area contributed by atoms with Crippen molar-refractivity contribution in [2.75, 3.05) is 46.6 Å². The van der Waals surface area contributed by atoms with E-state index in [-0.39, 0.29) is 16.1 Å². The molecule has 0 bridgehead atoms. The standard InChI is InChI=1S/C26H20ClF3N4O2.C25H20ClFN4O2/c27-21-8-6-16(12-20(21)26(28,29)30)25(35)32-17-4-3-5-18(13-17)36-19-7-9-22-23(14-19)33-24(15-31-22)34-10-1-2-11-34;26-20-8-6-16(12-21(20)27)25(32)29-17-4-3-5-18(13-17)33-19-7-9-22-23(14-19)30-24(15-28-22)31-10-1-2-11-31/h3-9,12-15H,1-2,10-11H2,(H,32,35);3-9,12-15H,1-2,10-11H2,(H,29,32). The summed E-state index contributed by atoms with van der Waals surface area (Å²) in [7, 11) is 0. The van der Waals surface area contributed by atoms with Crippen LogP contribution in [-0.2, 0) is 6.18 Å². The predicted molar refractivity (Wildman–Crippen MR) is 259 cm³/mol. The lowest BCUT2D eigenvalue weighted by Crippen LogP contribution is -2.19. The van der Waals surface area contributed by atoms with Gasteiger partial charge in [-0.2, -0.15) is 13.2 Å². The normalized spacial score (nSPS) is 13.5. The Kier molecular flexibility index (Phi) is 13.7. The molecule has 0 aliphatic carbocycles. The summed E-state index contributed by atoms with van der Waals surface area (Å²) in [5, 5.41) is 4.83. The Bertz CT molecular complexity index is 3200. The van der Waals surface area contributed by atoms with Crippen LogP contribution in [0.25, 0.3) is 22.1 Å². The van der Waals surface area contributed by atoms with Gasteiger partial charge in [-0.05, 0) is 111 Å². The third kappa shape index (κ3) is 11.4. The Hall–Kier alpha value is -7.56.